The minimum Gasteiger partial charge on any atom is -0.280 e. The third-order valence-corrected chi connectivity index (χ3v) is 4.47. The van der Waals surface area contributed by atoms with Crippen LogP contribution in [0.5, 0.6) is 0 Å². The van der Waals surface area contributed by atoms with E-state index in [9.17, 15) is 8.42 Å². The minimum atomic E-state index is -3.73. The summed E-state index contributed by atoms with van der Waals surface area (Å²) in [5.74, 6) is 0. The van der Waals surface area contributed by atoms with E-state index >= 15 is 0 Å². The van der Waals surface area contributed by atoms with E-state index in [0.29, 0.717) is 10.0 Å². The second kappa shape index (κ2) is 6.35. The monoisotopic (exact) mass is 340 g/mol. The molecule has 0 saturated heterocycles. The van der Waals surface area contributed by atoms with E-state index in [1.54, 1.807) is 12.1 Å². The Hall–Kier alpha value is -1.74. The lowest BCUT2D eigenvalue weighted by Gasteiger charge is -2.09. The summed E-state index contributed by atoms with van der Waals surface area (Å²) < 4.78 is 26.9. The van der Waals surface area contributed by atoms with Crippen molar-refractivity contribution in [3.63, 3.8) is 0 Å². The van der Waals surface area contributed by atoms with Crippen molar-refractivity contribution in [2.24, 2.45) is 0 Å². The number of nitriles is 1. The highest BCUT2D eigenvalue weighted by molar-refractivity contribution is 7.92. The summed E-state index contributed by atoms with van der Waals surface area (Å²) in [6, 6.07) is 12.5. The van der Waals surface area contributed by atoms with Gasteiger partial charge in [0.2, 0.25) is 0 Å². The first kappa shape index (κ1) is 15.6. The van der Waals surface area contributed by atoms with Gasteiger partial charge in [-0.3, -0.25) is 4.72 Å². The normalized spacial score (nSPS) is 10.9. The fraction of sp³-hybridized carbons (Fsp3) is 0.0714. The van der Waals surface area contributed by atoms with Crippen LogP contribution in [0, 0.1) is 11.3 Å². The van der Waals surface area contributed by atoms with Gasteiger partial charge in [0, 0.05) is 10.0 Å². The van der Waals surface area contributed by atoms with E-state index < -0.39 is 10.0 Å². The topological polar surface area (TPSA) is 70.0 Å². The molecule has 21 heavy (non-hydrogen) atoms. The van der Waals surface area contributed by atoms with E-state index in [4.69, 9.17) is 28.5 Å². The Morgan fingerprint density at radius 2 is 1.62 bits per heavy atom. The summed E-state index contributed by atoms with van der Waals surface area (Å²) in [6.07, 6.45) is 0.234. The number of benzene rings is 2. The molecule has 0 spiro atoms. The van der Waals surface area contributed by atoms with Gasteiger partial charge in [0.25, 0.3) is 10.0 Å². The molecule has 1 N–H and O–H groups in total. The fourth-order valence-electron chi connectivity index (χ4n) is 1.70. The maximum atomic E-state index is 12.2. The molecule has 0 aliphatic carbocycles. The molecule has 0 aliphatic rings. The molecule has 0 aromatic heterocycles. The zero-order valence-corrected chi connectivity index (χ0v) is 13.0. The third-order valence-electron chi connectivity index (χ3n) is 2.63. The SMILES string of the molecule is N#CCc1ccc(S(=O)(=O)Nc2cc(Cl)cc(Cl)c2)cc1. The van der Waals surface area contributed by atoms with E-state index in [2.05, 4.69) is 4.72 Å². The molecule has 2 aromatic carbocycles. The van der Waals surface area contributed by atoms with Crippen LogP contribution in [0.4, 0.5) is 5.69 Å². The molecular formula is C14H10Cl2N2O2S. The van der Waals surface area contributed by atoms with E-state index in [1.807, 2.05) is 6.07 Å². The number of anilines is 1. The van der Waals surface area contributed by atoms with Crippen molar-refractivity contribution in [2.75, 3.05) is 4.72 Å². The summed E-state index contributed by atoms with van der Waals surface area (Å²) in [5.41, 5.74) is 1.04. The highest BCUT2D eigenvalue weighted by Gasteiger charge is 2.14. The zero-order chi connectivity index (χ0) is 15.5. The Morgan fingerprint density at radius 3 is 2.14 bits per heavy atom. The average molecular weight is 341 g/mol. The highest BCUT2D eigenvalue weighted by atomic mass is 35.5. The lowest BCUT2D eigenvalue weighted by atomic mass is 10.2. The Morgan fingerprint density at radius 1 is 1.05 bits per heavy atom. The van der Waals surface area contributed by atoms with Crippen molar-refractivity contribution >= 4 is 38.9 Å². The van der Waals surface area contributed by atoms with Crippen molar-refractivity contribution in [1.82, 2.24) is 0 Å². The molecule has 0 saturated carbocycles. The fourth-order valence-corrected chi connectivity index (χ4v) is 3.27. The van der Waals surface area contributed by atoms with E-state index in [1.165, 1.54) is 30.3 Å². The standard InChI is InChI=1S/C14H10Cl2N2O2S/c15-11-7-12(16)9-13(8-11)18-21(19,20)14-3-1-10(2-4-14)5-6-17/h1-4,7-9,18H,5H2. The van der Waals surface area contributed by atoms with Gasteiger partial charge in [-0.1, -0.05) is 35.3 Å². The Bertz CT molecular complexity index is 776. The summed E-state index contributed by atoms with van der Waals surface area (Å²) in [6.45, 7) is 0. The molecule has 0 radical (unpaired) electrons. The predicted molar refractivity (Wildman–Crippen MR) is 83.0 cm³/mol. The molecule has 0 aliphatic heterocycles. The van der Waals surface area contributed by atoms with Crippen LogP contribution in [0.3, 0.4) is 0 Å². The number of nitrogens with one attached hydrogen (secondary N) is 1. The van der Waals surface area contributed by atoms with Gasteiger partial charge >= 0.3 is 0 Å². The van der Waals surface area contributed by atoms with Crippen LogP contribution >= 0.6 is 23.2 Å². The second-order valence-electron chi connectivity index (χ2n) is 4.24. The molecule has 2 aromatic rings. The van der Waals surface area contributed by atoms with Gasteiger partial charge in [-0.05, 0) is 35.9 Å². The van der Waals surface area contributed by atoms with E-state index in [0.717, 1.165) is 5.56 Å². The van der Waals surface area contributed by atoms with Crippen LogP contribution in [0.25, 0.3) is 0 Å². The third kappa shape index (κ3) is 4.11. The zero-order valence-electron chi connectivity index (χ0n) is 10.7. The first-order chi connectivity index (χ1) is 9.90. The number of hydrogen-bond acceptors (Lipinski definition) is 3. The molecule has 4 nitrogen and oxygen atoms in total. The number of halogens is 2. The molecule has 0 bridgehead atoms. The molecule has 0 atom stereocenters. The van der Waals surface area contributed by atoms with Gasteiger partial charge in [-0.15, -0.1) is 0 Å². The maximum Gasteiger partial charge on any atom is 0.261 e. The van der Waals surface area contributed by atoms with Crippen molar-refractivity contribution in [3.8, 4) is 6.07 Å². The molecule has 0 amide bonds. The Labute approximate surface area is 133 Å². The van der Waals surface area contributed by atoms with Crippen LogP contribution in [-0.2, 0) is 16.4 Å². The molecule has 108 valence electrons. The van der Waals surface area contributed by atoms with Crippen LogP contribution in [0.2, 0.25) is 10.0 Å². The number of hydrogen-bond donors (Lipinski definition) is 1. The van der Waals surface area contributed by atoms with Crippen LogP contribution in [0.15, 0.2) is 47.4 Å². The van der Waals surface area contributed by atoms with Crippen LogP contribution in [0.1, 0.15) is 5.56 Å². The van der Waals surface area contributed by atoms with Crippen molar-refractivity contribution in [1.29, 1.82) is 5.26 Å². The lowest BCUT2D eigenvalue weighted by Crippen LogP contribution is -2.12. The smallest absolute Gasteiger partial charge is 0.261 e. The first-order valence-electron chi connectivity index (χ1n) is 5.85. The summed E-state index contributed by atoms with van der Waals surface area (Å²) in [4.78, 5) is 0.0975. The largest absolute Gasteiger partial charge is 0.280 e. The van der Waals surface area contributed by atoms with Gasteiger partial charge in [0.05, 0.1) is 23.1 Å². The maximum absolute atomic E-state index is 12.2. The quantitative estimate of drug-likeness (QED) is 0.918. The van der Waals surface area contributed by atoms with Gasteiger partial charge in [-0.25, -0.2) is 8.42 Å². The molecular weight excluding hydrogens is 331 g/mol. The van der Waals surface area contributed by atoms with Crippen molar-refractivity contribution in [2.45, 2.75) is 11.3 Å². The van der Waals surface area contributed by atoms with E-state index in [-0.39, 0.29) is 17.0 Å². The summed E-state index contributed by atoms with van der Waals surface area (Å²) >= 11 is 11.7. The average Bonchev–Trinajstić information content (AvgIpc) is 2.38. The molecule has 0 heterocycles. The van der Waals surface area contributed by atoms with Gasteiger partial charge in [-0.2, -0.15) is 5.26 Å². The highest BCUT2D eigenvalue weighted by Crippen LogP contribution is 2.24. The molecule has 2 rings (SSSR count). The lowest BCUT2D eigenvalue weighted by molar-refractivity contribution is 0.601. The Kier molecular flexibility index (Phi) is 4.73. The van der Waals surface area contributed by atoms with Gasteiger partial charge in [0.15, 0.2) is 0 Å². The number of sulfonamides is 1. The van der Waals surface area contributed by atoms with Crippen LogP contribution in [-0.4, -0.2) is 8.42 Å². The number of nitrogens with zero attached hydrogens (tertiary/aromatic N) is 1. The van der Waals surface area contributed by atoms with Gasteiger partial charge < -0.3 is 0 Å². The van der Waals surface area contributed by atoms with Crippen molar-refractivity contribution in [3.05, 3.63) is 58.1 Å². The first-order valence-corrected chi connectivity index (χ1v) is 8.09. The minimum absolute atomic E-state index is 0.0975. The molecule has 0 unspecified atom stereocenters. The van der Waals surface area contributed by atoms with Gasteiger partial charge in [0.1, 0.15) is 0 Å². The summed E-state index contributed by atoms with van der Waals surface area (Å²) in [7, 11) is -3.73. The predicted octanol–water partition coefficient (Wildman–Crippen LogP) is 3.86. The summed E-state index contributed by atoms with van der Waals surface area (Å²) in [5, 5.41) is 9.27. The molecule has 0 fully saturated rings. The Balaban J connectivity index is 2.27. The second-order valence-corrected chi connectivity index (χ2v) is 6.80. The van der Waals surface area contributed by atoms with Crippen LogP contribution < -0.4 is 4.72 Å². The van der Waals surface area contributed by atoms with Crippen molar-refractivity contribution < 1.29 is 8.42 Å². The molecule has 7 heteroatoms. The number of rotatable bonds is 4.